The van der Waals surface area contributed by atoms with Gasteiger partial charge in [0.05, 0.1) is 34.5 Å². The first-order valence-electron chi connectivity index (χ1n) is 9.12. The SMILES string of the molecule is CC1OCC2(CCN(C(=O)OC(C)(C)C)CC2)[C@@H]1NS(=O)C(C)(C)C. The van der Waals surface area contributed by atoms with Crippen molar-refractivity contribution >= 4 is 17.1 Å². The zero-order chi connectivity index (χ0) is 19.0. The molecule has 2 fully saturated rings. The summed E-state index contributed by atoms with van der Waals surface area (Å²) in [5.74, 6) is 0. The molecule has 0 aromatic rings. The lowest BCUT2D eigenvalue weighted by Crippen LogP contribution is -2.55. The van der Waals surface area contributed by atoms with Gasteiger partial charge in [-0.3, -0.25) is 0 Å². The van der Waals surface area contributed by atoms with Gasteiger partial charge < -0.3 is 14.4 Å². The van der Waals surface area contributed by atoms with E-state index in [1.807, 2.05) is 48.5 Å². The summed E-state index contributed by atoms with van der Waals surface area (Å²) in [5, 5.41) is 0. The Bertz CT molecular complexity index is 516. The molecule has 2 aliphatic rings. The lowest BCUT2D eigenvalue weighted by molar-refractivity contribution is 0.00648. The number of carbonyl (C=O) groups is 1. The third-order valence-corrected chi connectivity index (χ3v) is 6.54. The summed E-state index contributed by atoms with van der Waals surface area (Å²) in [6, 6.07) is 0.0355. The van der Waals surface area contributed by atoms with Crippen LogP contribution in [0.3, 0.4) is 0 Å². The van der Waals surface area contributed by atoms with E-state index in [-0.39, 0.29) is 28.4 Å². The van der Waals surface area contributed by atoms with Crippen LogP contribution in [0.2, 0.25) is 0 Å². The Morgan fingerprint density at radius 3 is 2.24 bits per heavy atom. The van der Waals surface area contributed by atoms with Crippen LogP contribution in [0.1, 0.15) is 61.3 Å². The van der Waals surface area contributed by atoms with E-state index < -0.39 is 16.6 Å². The summed E-state index contributed by atoms with van der Waals surface area (Å²) in [6.45, 7) is 15.5. The normalized spacial score (nSPS) is 28.2. The molecule has 2 heterocycles. The lowest BCUT2D eigenvalue weighted by Gasteiger charge is -2.43. The third-order valence-electron chi connectivity index (χ3n) is 4.96. The van der Waals surface area contributed by atoms with Gasteiger partial charge in [-0.1, -0.05) is 0 Å². The number of nitrogens with zero attached hydrogens (tertiary/aromatic N) is 1. The van der Waals surface area contributed by atoms with Crippen LogP contribution in [-0.2, 0) is 20.5 Å². The Kier molecular flexibility index (Phi) is 5.91. The van der Waals surface area contributed by atoms with Crippen LogP contribution in [0.15, 0.2) is 0 Å². The van der Waals surface area contributed by atoms with Crippen LogP contribution in [0.5, 0.6) is 0 Å². The molecule has 1 spiro atoms. The number of piperidine rings is 1. The Labute approximate surface area is 154 Å². The van der Waals surface area contributed by atoms with Crippen molar-refractivity contribution in [1.82, 2.24) is 9.62 Å². The number of amides is 1. The first kappa shape index (κ1) is 20.6. The van der Waals surface area contributed by atoms with E-state index in [1.165, 1.54) is 0 Å². The summed E-state index contributed by atoms with van der Waals surface area (Å²) < 4.78 is 27.0. The van der Waals surface area contributed by atoms with Gasteiger partial charge >= 0.3 is 6.09 Å². The molecule has 1 amide bonds. The second-order valence-electron chi connectivity index (χ2n) is 9.32. The van der Waals surface area contributed by atoms with Crippen LogP contribution in [-0.4, -0.2) is 57.4 Å². The minimum Gasteiger partial charge on any atom is -0.444 e. The number of hydrogen-bond acceptors (Lipinski definition) is 4. The fourth-order valence-corrected chi connectivity index (χ4v) is 4.44. The fourth-order valence-electron chi connectivity index (χ4n) is 3.41. The van der Waals surface area contributed by atoms with Crippen molar-refractivity contribution in [3.63, 3.8) is 0 Å². The van der Waals surface area contributed by atoms with Crippen molar-refractivity contribution < 1.29 is 18.5 Å². The maximum absolute atomic E-state index is 12.6. The number of hydrogen-bond donors (Lipinski definition) is 1. The van der Waals surface area contributed by atoms with Crippen molar-refractivity contribution in [2.75, 3.05) is 19.7 Å². The summed E-state index contributed by atoms with van der Waals surface area (Å²) in [5.41, 5.74) is -0.552. The molecular weight excluding hydrogens is 340 g/mol. The number of ether oxygens (including phenoxy) is 2. The molecule has 3 atom stereocenters. The standard InChI is InChI=1S/C18H34N2O4S/c1-13-14(19-25(22)17(5,6)7)18(12-23-13)8-10-20(11-9-18)15(21)24-16(2,3)4/h13-14,19H,8-12H2,1-7H3/t13?,14-,25?/m1/s1. The molecule has 0 bridgehead atoms. The van der Waals surface area contributed by atoms with E-state index in [2.05, 4.69) is 4.72 Å². The maximum atomic E-state index is 12.6. The van der Waals surface area contributed by atoms with Crippen LogP contribution < -0.4 is 4.72 Å². The zero-order valence-electron chi connectivity index (χ0n) is 16.7. The number of nitrogens with one attached hydrogen (secondary N) is 1. The Morgan fingerprint density at radius 2 is 1.76 bits per heavy atom. The van der Waals surface area contributed by atoms with E-state index in [9.17, 15) is 9.00 Å². The third kappa shape index (κ3) is 4.95. The highest BCUT2D eigenvalue weighted by Gasteiger charge is 2.51. The van der Waals surface area contributed by atoms with Crippen molar-refractivity contribution in [3.05, 3.63) is 0 Å². The number of carbonyl (C=O) groups excluding carboxylic acids is 1. The summed E-state index contributed by atoms with van der Waals surface area (Å²) in [4.78, 5) is 14.1. The topological polar surface area (TPSA) is 67.9 Å². The Balaban J connectivity index is 2.02. The molecule has 1 N–H and O–H groups in total. The lowest BCUT2D eigenvalue weighted by atomic mass is 9.73. The van der Waals surface area contributed by atoms with Gasteiger partial charge in [-0.05, 0) is 61.3 Å². The first-order chi connectivity index (χ1) is 11.3. The highest BCUT2D eigenvalue weighted by molar-refractivity contribution is 7.84. The van der Waals surface area contributed by atoms with Crippen LogP contribution in [0.4, 0.5) is 4.79 Å². The molecule has 2 unspecified atom stereocenters. The minimum atomic E-state index is -1.14. The van der Waals surface area contributed by atoms with E-state index in [0.717, 1.165) is 12.8 Å². The second-order valence-corrected chi connectivity index (χ2v) is 11.3. The van der Waals surface area contributed by atoms with Crippen LogP contribution in [0, 0.1) is 5.41 Å². The average Bonchev–Trinajstić information content (AvgIpc) is 2.75. The molecule has 0 aromatic heterocycles. The molecule has 6 nitrogen and oxygen atoms in total. The van der Waals surface area contributed by atoms with Gasteiger partial charge in [-0.15, -0.1) is 0 Å². The monoisotopic (exact) mass is 374 g/mol. The summed E-state index contributed by atoms with van der Waals surface area (Å²) in [7, 11) is -1.14. The smallest absolute Gasteiger partial charge is 0.410 e. The van der Waals surface area contributed by atoms with Crippen LogP contribution >= 0.6 is 0 Å². The average molecular weight is 375 g/mol. The number of rotatable bonds is 2. The number of likely N-dealkylation sites (tertiary alicyclic amines) is 1. The van der Waals surface area contributed by atoms with E-state index in [1.54, 1.807) is 4.90 Å². The van der Waals surface area contributed by atoms with Gasteiger partial charge in [0.1, 0.15) is 5.60 Å². The molecule has 25 heavy (non-hydrogen) atoms. The van der Waals surface area contributed by atoms with Gasteiger partial charge in [-0.2, -0.15) is 0 Å². The summed E-state index contributed by atoms with van der Waals surface area (Å²) >= 11 is 0. The van der Waals surface area contributed by atoms with Crippen LogP contribution in [0.25, 0.3) is 0 Å². The largest absolute Gasteiger partial charge is 0.444 e. The quantitative estimate of drug-likeness (QED) is 0.807. The van der Waals surface area contributed by atoms with Gasteiger partial charge in [0.2, 0.25) is 0 Å². The molecule has 2 saturated heterocycles. The zero-order valence-corrected chi connectivity index (χ0v) is 17.5. The molecule has 0 saturated carbocycles. The van der Waals surface area contributed by atoms with Crippen molar-refractivity contribution in [2.45, 2.75) is 83.8 Å². The van der Waals surface area contributed by atoms with Gasteiger partial charge in [-0.25, -0.2) is 13.7 Å². The fraction of sp³-hybridized carbons (Fsp3) is 0.944. The predicted molar refractivity (Wildman–Crippen MR) is 99.7 cm³/mol. The predicted octanol–water partition coefficient (Wildman–Crippen LogP) is 2.84. The molecular formula is C18H34N2O4S. The second kappa shape index (κ2) is 7.16. The van der Waals surface area contributed by atoms with Crippen molar-refractivity contribution in [2.24, 2.45) is 5.41 Å². The Hall–Kier alpha value is -0.660. The molecule has 2 rings (SSSR count). The van der Waals surface area contributed by atoms with Gasteiger partial charge in [0, 0.05) is 18.5 Å². The summed E-state index contributed by atoms with van der Waals surface area (Å²) in [6.07, 6.45) is 1.42. The molecule has 146 valence electrons. The van der Waals surface area contributed by atoms with Gasteiger partial charge in [0.25, 0.3) is 0 Å². The molecule has 0 aliphatic carbocycles. The van der Waals surface area contributed by atoms with Gasteiger partial charge in [0.15, 0.2) is 0 Å². The molecule has 0 aromatic carbocycles. The molecule has 7 heteroatoms. The molecule has 2 aliphatic heterocycles. The highest BCUT2D eigenvalue weighted by Crippen LogP contribution is 2.42. The molecule has 0 radical (unpaired) electrons. The van der Waals surface area contributed by atoms with Crippen molar-refractivity contribution in [1.29, 1.82) is 0 Å². The first-order valence-corrected chi connectivity index (χ1v) is 10.3. The minimum absolute atomic E-state index is 0.0133. The highest BCUT2D eigenvalue weighted by atomic mass is 32.2. The maximum Gasteiger partial charge on any atom is 0.410 e. The van der Waals surface area contributed by atoms with E-state index in [0.29, 0.717) is 19.7 Å². The van der Waals surface area contributed by atoms with E-state index >= 15 is 0 Å². The van der Waals surface area contributed by atoms with Crippen molar-refractivity contribution in [3.8, 4) is 0 Å². The van der Waals surface area contributed by atoms with E-state index in [4.69, 9.17) is 9.47 Å². The Morgan fingerprint density at radius 1 is 1.20 bits per heavy atom.